The maximum atomic E-state index is 5.87. The van der Waals surface area contributed by atoms with Gasteiger partial charge in [-0.25, -0.2) is 0 Å². The van der Waals surface area contributed by atoms with Gasteiger partial charge in [-0.2, -0.15) is 0 Å². The van der Waals surface area contributed by atoms with Gasteiger partial charge in [0.05, 0.1) is 8.07 Å². The lowest BCUT2D eigenvalue weighted by molar-refractivity contribution is 0.674. The highest BCUT2D eigenvalue weighted by Crippen LogP contribution is 2.08. The van der Waals surface area contributed by atoms with E-state index >= 15 is 0 Å². The quantitative estimate of drug-likeness (QED) is 0.335. The molecule has 0 unspecified atom stereocenters. The number of allylic oxidation sites excluding steroid dienone is 1. The molecule has 0 aliphatic carbocycles. The number of rotatable bonds is 7. The lowest BCUT2D eigenvalue weighted by atomic mass is 10.2. The van der Waals surface area contributed by atoms with Crippen LogP contribution in [0.25, 0.3) is 0 Å². The topological polar surface area (TPSA) is 0 Å². The zero-order chi connectivity index (χ0) is 10.2. The second-order valence-electron chi connectivity index (χ2n) is 4.37. The second kappa shape index (κ2) is 7.63. The van der Waals surface area contributed by atoms with Crippen LogP contribution in [0.5, 0.6) is 0 Å². The predicted molar refractivity (Wildman–Crippen MR) is 66.1 cm³/mol. The summed E-state index contributed by atoms with van der Waals surface area (Å²) in [6, 6.07) is 0. The Morgan fingerprint density at radius 2 is 1.85 bits per heavy atom. The first-order valence-corrected chi connectivity index (χ1v) is 9.18. The van der Waals surface area contributed by atoms with E-state index in [1.807, 2.05) is 0 Å². The molecule has 0 heterocycles. The Morgan fingerprint density at radius 3 is 2.38 bits per heavy atom. The minimum Gasteiger partial charge on any atom is -0.130 e. The van der Waals surface area contributed by atoms with Crippen LogP contribution in [0.1, 0.15) is 39.0 Å². The van der Waals surface area contributed by atoms with Crippen molar-refractivity contribution < 1.29 is 0 Å². The first-order valence-electron chi connectivity index (χ1n) is 5.36. The van der Waals surface area contributed by atoms with Crippen LogP contribution in [-0.2, 0) is 0 Å². The van der Waals surface area contributed by atoms with Crippen LogP contribution in [-0.4, -0.2) is 13.6 Å². The molecule has 0 bridgehead atoms. The average Bonchev–Trinajstić information content (AvgIpc) is 2.11. The molecule has 0 nitrogen and oxygen atoms in total. The van der Waals surface area contributed by atoms with Crippen LogP contribution >= 0.6 is 11.6 Å². The highest BCUT2D eigenvalue weighted by Gasteiger charge is 2.13. The minimum atomic E-state index is -1.16. The standard InChI is InChI=1S/C11H23ClSi/c1-4-5-6-7-8-9-10-13(2,3)11-12/h9-10H,4-8,11H2,1-3H3/b10-9-. The number of hydrogen-bond donors (Lipinski definition) is 0. The van der Waals surface area contributed by atoms with Gasteiger partial charge >= 0.3 is 0 Å². The molecule has 78 valence electrons. The van der Waals surface area contributed by atoms with Crippen molar-refractivity contribution in [2.45, 2.75) is 52.1 Å². The summed E-state index contributed by atoms with van der Waals surface area (Å²) in [6.45, 7) is 6.87. The van der Waals surface area contributed by atoms with Crippen LogP contribution in [0.15, 0.2) is 11.8 Å². The van der Waals surface area contributed by atoms with Crippen LogP contribution in [0.4, 0.5) is 0 Å². The van der Waals surface area contributed by atoms with E-state index in [0.717, 1.165) is 5.50 Å². The molecule has 0 rings (SSSR count). The molecule has 0 N–H and O–H groups in total. The van der Waals surface area contributed by atoms with Crippen molar-refractivity contribution in [2.75, 3.05) is 5.50 Å². The fourth-order valence-electron chi connectivity index (χ4n) is 1.14. The molecule has 0 saturated carbocycles. The summed E-state index contributed by atoms with van der Waals surface area (Å²) in [5.74, 6) is 0. The summed E-state index contributed by atoms with van der Waals surface area (Å²) in [7, 11) is -1.16. The van der Waals surface area contributed by atoms with E-state index in [1.165, 1.54) is 32.1 Å². The summed E-state index contributed by atoms with van der Waals surface area (Å²) < 4.78 is 0. The lowest BCUT2D eigenvalue weighted by Gasteiger charge is -2.11. The summed E-state index contributed by atoms with van der Waals surface area (Å²) in [5.41, 5.74) is 3.23. The fourth-order valence-corrected chi connectivity index (χ4v) is 2.30. The van der Waals surface area contributed by atoms with Crippen molar-refractivity contribution in [1.82, 2.24) is 0 Å². The minimum absolute atomic E-state index is 0.846. The zero-order valence-electron chi connectivity index (χ0n) is 9.28. The molecule has 0 radical (unpaired) electrons. The molecular formula is C11H23ClSi. The van der Waals surface area contributed by atoms with Crippen LogP contribution < -0.4 is 0 Å². The van der Waals surface area contributed by atoms with Gasteiger partial charge in [-0.15, -0.1) is 11.6 Å². The van der Waals surface area contributed by atoms with E-state index in [1.54, 1.807) is 0 Å². The van der Waals surface area contributed by atoms with Crippen LogP contribution in [0, 0.1) is 0 Å². The largest absolute Gasteiger partial charge is 0.130 e. The van der Waals surface area contributed by atoms with Gasteiger partial charge < -0.3 is 0 Å². The molecular weight excluding hydrogens is 196 g/mol. The molecule has 13 heavy (non-hydrogen) atoms. The fraction of sp³-hybridized carbons (Fsp3) is 0.818. The molecule has 0 saturated heterocycles. The predicted octanol–water partition coefficient (Wildman–Crippen LogP) is 4.54. The zero-order valence-corrected chi connectivity index (χ0v) is 11.0. The van der Waals surface area contributed by atoms with E-state index in [0.29, 0.717) is 0 Å². The first-order chi connectivity index (χ1) is 6.12. The molecule has 0 amide bonds. The summed E-state index contributed by atoms with van der Waals surface area (Å²) in [5, 5.41) is 0. The summed E-state index contributed by atoms with van der Waals surface area (Å²) >= 11 is 5.87. The number of unbranched alkanes of at least 4 members (excludes halogenated alkanes) is 4. The third-order valence-electron chi connectivity index (χ3n) is 2.14. The van der Waals surface area contributed by atoms with E-state index in [9.17, 15) is 0 Å². The van der Waals surface area contributed by atoms with Crippen molar-refractivity contribution in [3.63, 3.8) is 0 Å². The number of halogens is 1. The Balaban J connectivity index is 3.41. The van der Waals surface area contributed by atoms with E-state index in [2.05, 4.69) is 31.8 Å². The Labute approximate surface area is 89.4 Å². The Hall–Kier alpha value is 0.247. The maximum Gasteiger partial charge on any atom is 0.0867 e. The molecule has 0 aliphatic heterocycles. The SMILES string of the molecule is CCCCCC/C=C\[Si](C)(C)CCl. The third-order valence-corrected chi connectivity index (χ3v) is 6.03. The van der Waals surface area contributed by atoms with Crippen LogP contribution in [0.3, 0.4) is 0 Å². The highest BCUT2D eigenvalue weighted by molar-refractivity contribution is 6.87. The van der Waals surface area contributed by atoms with Gasteiger partial charge in [0.2, 0.25) is 0 Å². The van der Waals surface area contributed by atoms with Crippen LogP contribution in [0.2, 0.25) is 13.1 Å². The molecule has 0 aromatic heterocycles. The van der Waals surface area contributed by atoms with Crippen molar-refractivity contribution in [3.05, 3.63) is 11.8 Å². The van der Waals surface area contributed by atoms with Gasteiger partial charge in [0.25, 0.3) is 0 Å². The smallest absolute Gasteiger partial charge is 0.0867 e. The second-order valence-corrected chi connectivity index (χ2v) is 9.75. The van der Waals surface area contributed by atoms with E-state index in [4.69, 9.17) is 11.6 Å². The molecule has 0 aromatic rings. The van der Waals surface area contributed by atoms with Gasteiger partial charge in [-0.3, -0.25) is 0 Å². The summed E-state index contributed by atoms with van der Waals surface area (Å²) in [4.78, 5) is 0. The maximum absolute atomic E-state index is 5.87. The van der Waals surface area contributed by atoms with Crippen molar-refractivity contribution >= 4 is 19.7 Å². The molecule has 0 spiro atoms. The van der Waals surface area contributed by atoms with Gasteiger partial charge in [-0.05, 0) is 12.8 Å². The first kappa shape index (κ1) is 13.2. The number of hydrogen-bond acceptors (Lipinski definition) is 0. The molecule has 0 aromatic carbocycles. The van der Waals surface area contributed by atoms with Gasteiger partial charge in [-0.1, -0.05) is 51.1 Å². The molecule has 0 aliphatic rings. The van der Waals surface area contributed by atoms with Crippen molar-refractivity contribution in [3.8, 4) is 0 Å². The van der Waals surface area contributed by atoms with Gasteiger partial charge in [0.1, 0.15) is 0 Å². The third kappa shape index (κ3) is 8.57. The molecule has 2 heteroatoms. The lowest BCUT2D eigenvalue weighted by Crippen LogP contribution is -2.25. The van der Waals surface area contributed by atoms with Crippen molar-refractivity contribution in [2.24, 2.45) is 0 Å². The van der Waals surface area contributed by atoms with E-state index in [-0.39, 0.29) is 0 Å². The normalized spacial score (nSPS) is 12.6. The number of alkyl halides is 1. The van der Waals surface area contributed by atoms with Crippen molar-refractivity contribution in [1.29, 1.82) is 0 Å². The molecule has 0 atom stereocenters. The Kier molecular flexibility index (Phi) is 7.78. The monoisotopic (exact) mass is 218 g/mol. The Morgan fingerprint density at radius 1 is 1.15 bits per heavy atom. The van der Waals surface area contributed by atoms with E-state index < -0.39 is 8.07 Å². The average molecular weight is 219 g/mol. The Bertz CT molecular complexity index is 141. The highest BCUT2D eigenvalue weighted by atomic mass is 35.5. The van der Waals surface area contributed by atoms with Gasteiger partial charge in [0, 0.05) is 5.50 Å². The molecule has 0 fully saturated rings. The summed E-state index contributed by atoms with van der Waals surface area (Å²) in [6.07, 6.45) is 9.01. The van der Waals surface area contributed by atoms with Gasteiger partial charge in [0.15, 0.2) is 0 Å².